The van der Waals surface area contributed by atoms with Crippen molar-refractivity contribution in [3.63, 3.8) is 0 Å². The summed E-state index contributed by atoms with van der Waals surface area (Å²) in [7, 11) is 0. The maximum atomic E-state index is 12.3. The zero-order valence-corrected chi connectivity index (χ0v) is 12.5. The Kier molecular flexibility index (Phi) is 4.04. The molecule has 1 amide bonds. The lowest BCUT2D eigenvalue weighted by Gasteiger charge is -2.18. The molecule has 2 aromatic heterocycles. The number of pyridine rings is 1. The number of hydrogen-bond acceptors (Lipinski definition) is 4. The van der Waals surface area contributed by atoms with Crippen molar-refractivity contribution in [3.8, 4) is 0 Å². The number of rotatable bonds is 6. The smallest absolute Gasteiger partial charge is 0.250 e. The van der Waals surface area contributed by atoms with E-state index in [1.165, 1.54) is 17.0 Å². The van der Waals surface area contributed by atoms with Gasteiger partial charge in [-0.05, 0) is 31.7 Å². The van der Waals surface area contributed by atoms with Crippen molar-refractivity contribution in [1.82, 2.24) is 24.6 Å². The van der Waals surface area contributed by atoms with E-state index in [1.807, 2.05) is 6.92 Å². The lowest BCUT2D eigenvalue weighted by Crippen LogP contribution is -2.36. The summed E-state index contributed by atoms with van der Waals surface area (Å²) in [5.74, 6) is 1.01. The SMILES string of the molecule is CCn1ncnc1[C@H](NC(=O)Cn1ccccc1=O)C1CC1. The second-order valence-corrected chi connectivity index (χ2v) is 5.48. The summed E-state index contributed by atoms with van der Waals surface area (Å²) in [6.45, 7) is 2.73. The van der Waals surface area contributed by atoms with Gasteiger partial charge in [-0.2, -0.15) is 5.10 Å². The van der Waals surface area contributed by atoms with Gasteiger partial charge in [0.2, 0.25) is 5.91 Å². The van der Waals surface area contributed by atoms with Crippen LogP contribution in [0.5, 0.6) is 0 Å². The first kappa shape index (κ1) is 14.5. The molecule has 0 spiro atoms. The summed E-state index contributed by atoms with van der Waals surface area (Å²) in [6.07, 6.45) is 5.28. The zero-order valence-electron chi connectivity index (χ0n) is 12.5. The van der Waals surface area contributed by atoms with Crippen LogP contribution in [0, 0.1) is 5.92 Å². The first-order valence-corrected chi connectivity index (χ1v) is 7.51. The van der Waals surface area contributed by atoms with Gasteiger partial charge in [-0.1, -0.05) is 6.07 Å². The number of aromatic nitrogens is 4. The molecule has 0 unspecified atom stereocenters. The first-order chi connectivity index (χ1) is 10.7. The molecule has 2 heterocycles. The molecule has 0 saturated heterocycles. The van der Waals surface area contributed by atoms with Gasteiger partial charge in [0.05, 0.1) is 6.04 Å². The van der Waals surface area contributed by atoms with Gasteiger partial charge < -0.3 is 9.88 Å². The van der Waals surface area contributed by atoms with Gasteiger partial charge in [0.25, 0.3) is 5.56 Å². The van der Waals surface area contributed by atoms with Gasteiger partial charge in [-0.15, -0.1) is 0 Å². The second kappa shape index (κ2) is 6.13. The van der Waals surface area contributed by atoms with Gasteiger partial charge in [-0.25, -0.2) is 9.67 Å². The summed E-state index contributed by atoms with van der Waals surface area (Å²) >= 11 is 0. The Hall–Kier alpha value is -2.44. The molecule has 1 N–H and O–H groups in total. The van der Waals surface area contributed by atoms with Crippen LogP contribution in [0.3, 0.4) is 0 Å². The highest BCUT2D eigenvalue weighted by Gasteiger charge is 2.36. The van der Waals surface area contributed by atoms with Crippen LogP contribution in [0.15, 0.2) is 35.5 Å². The van der Waals surface area contributed by atoms with Crippen LogP contribution in [0.25, 0.3) is 0 Å². The third-order valence-electron chi connectivity index (χ3n) is 3.85. The van der Waals surface area contributed by atoms with Crippen molar-refractivity contribution in [2.24, 2.45) is 5.92 Å². The molecule has 7 nitrogen and oxygen atoms in total. The number of hydrogen-bond donors (Lipinski definition) is 1. The van der Waals surface area contributed by atoms with E-state index in [2.05, 4.69) is 15.4 Å². The van der Waals surface area contributed by atoms with E-state index in [4.69, 9.17) is 0 Å². The molecule has 7 heteroatoms. The predicted molar refractivity (Wildman–Crippen MR) is 80.0 cm³/mol. The van der Waals surface area contributed by atoms with Gasteiger partial charge in [-0.3, -0.25) is 9.59 Å². The number of carbonyl (C=O) groups is 1. The van der Waals surface area contributed by atoms with Gasteiger partial charge in [0.15, 0.2) is 0 Å². The molecule has 22 heavy (non-hydrogen) atoms. The normalized spacial score (nSPS) is 15.5. The van der Waals surface area contributed by atoms with Crippen LogP contribution in [-0.4, -0.2) is 25.2 Å². The Morgan fingerprint density at radius 1 is 1.45 bits per heavy atom. The van der Waals surface area contributed by atoms with E-state index in [0.717, 1.165) is 18.7 Å². The van der Waals surface area contributed by atoms with E-state index in [9.17, 15) is 9.59 Å². The number of aryl methyl sites for hydroxylation is 1. The Bertz CT molecular complexity index is 716. The van der Waals surface area contributed by atoms with Crippen molar-refractivity contribution in [3.05, 3.63) is 46.9 Å². The number of amides is 1. The summed E-state index contributed by atoms with van der Waals surface area (Å²) in [5.41, 5.74) is -0.183. The highest BCUT2D eigenvalue weighted by Crippen LogP contribution is 2.40. The Morgan fingerprint density at radius 2 is 2.27 bits per heavy atom. The summed E-state index contributed by atoms with van der Waals surface area (Å²) < 4.78 is 3.20. The fraction of sp³-hybridized carbons (Fsp3) is 0.467. The minimum Gasteiger partial charge on any atom is -0.344 e. The maximum absolute atomic E-state index is 12.3. The van der Waals surface area contributed by atoms with Crippen molar-refractivity contribution < 1.29 is 4.79 Å². The van der Waals surface area contributed by atoms with E-state index >= 15 is 0 Å². The second-order valence-electron chi connectivity index (χ2n) is 5.48. The van der Waals surface area contributed by atoms with Crippen molar-refractivity contribution in [2.45, 2.75) is 38.9 Å². The predicted octanol–water partition coefficient (Wildman–Crippen LogP) is 0.727. The van der Waals surface area contributed by atoms with Gasteiger partial charge in [0, 0.05) is 18.8 Å². The molecule has 1 fully saturated rings. The monoisotopic (exact) mass is 301 g/mol. The van der Waals surface area contributed by atoms with E-state index < -0.39 is 0 Å². The maximum Gasteiger partial charge on any atom is 0.250 e. The van der Waals surface area contributed by atoms with Crippen molar-refractivity contribution in [2.75, 3.05) is 0 Å². The molecule has 2 aromatic rings. The molecule has 0 aromatic carbocycles. The van der Waals surface area contributed by atoms with Crippen LogP contribution in [-0.2, 0) is 17.9 Å². The molecule has 1 atom stereocenters. The van der Waals surface area contributed by atoms with Crippen LogP contribution in [0.2, 0.25) is 0 Å². The number of nitrogens with one attached hydrogen (secondary N) is 1. The molecular formula is C15H19N5O2. The van der Waals surface area contributed by atoms with Crippen LogP contribution in [0.4, 0.5) is 0 Å². The van der Waals surface area contributed by atoms with Gasteiger partial charge >= 0.3 is 0 Å². The molecule has 116 valence electrons. The molecule has 0 bridgehead atoms. The Labute approximate surface area is 128 Å². The van der Waals surface area contributed by atoms with Gasteiger partial charge in [0.1, 0.15) is 18.7 Å². The lowest BCUT2D eigenvalue weighted by molar-refractivity contribution is -0.122. The third-order valence-corrected chi connectivity index (χ3v) is 3.85. The van der Waals surface area contributed by atoms with Crippen LogP contribution in [0.1, 0.15) is 31.6 Å². The fourth-order valence-corrected chi connectivity index (χ4v) is 2.55. The molecule has 0 radical (unpaired) electrons. The average Bonchev–Trinajstić information content (AvgIpc) is 3.24. The number of nitrogens with zero attached hydrogens (tertiary/aromatic N) is 4. The van der Waals surface area contributed by atoms with Crippen LogP contribution >= 0.6 is 0 Å². The Morgan fingerprint density at radius 3 is 2.95 bits per heavy atom. The van der Waals surface area contributed by atoms with E-state index in [-0.39, 0.29) is 24.1 Å². The van der Waals surface area contributed by atoms with E-state index in [1.54, 1.807) is 23.0 Å². The van der Waals surface area contributed by atoms with Crippen LogP contribution < -0.4 is 10.9 Å². The summed E-state index contributed by atoms with van der Waals surface area (Å²) in [6, 6.07) is 4.71. The van der Waals surface area contributed by atoms with E-state index in [0.29, 0.717) is 12.5 Å². The topological polar surface area (TPSA) is 81.8 Å². The molecular weight excluding hydrogens is 282 g/mol. The molecule has 0 aliphatic heterocycles. The largest absolute Gasteiger partial charge is 0.344 e. The first-order valence-electron chi connectivity index (χ1n) is 7.51. The van der Waals surface area contributed by atoms with Crippen molar-refractivity contribution in [1.29, 1.82) is 0 Å². The summed E-state index contributed by atoms with van der Waals surface area (Å²) in [5, 5.41) is 7.18. The molecule has 1 saturated carbocycles. The average molecular weight is 301 g/mol. The summed E-state index contributed by atoms with van der Waals surface area (Å²) in [4.78, 5) is 28.2. The minimum absolute atomic E-state index is 0.0170. The third kappa shape index (κ3) is 3.08. The standard InChI is InChI=1S/C15H19N5O2/c1-2-20-15(16-10-17-20)14(11-6-7-11)18-12(21)9-19-8-4-3-5-13(19)22/h3-5,8,10-11,14H,2,6-7,9H2,1H3,(H,18,21)/t14-/m1/s1. The fourth-order valence-electron chi connectivity index (χ4n) is 2.55. The van der Waals surface area contributed by atoms with Crippen molar-refractivity contribution >= 4 is 5.91 Å². The molecule has 3 rings (SSSR count). The minimum atomic E-state index is -0.184. The zero-order chi connectivity index (χ0) is 15.5. The Balaban J connectivity index is 1.73. The number of carbonyl (C=O) groups excluding carboxylic acids is 1. The highest BCUT2D eigenvalue weighted by molar-refractivity contribution is 5.76. The molecule has 1 aliphatic rings. The lowest BCUT2D eigenvalue weighted by atomic mass is 10.1. The molecule has 1 aliphatic carbocycles. The highest BCUT2D eigenvalue weighted by atomic mass is 16.2. The quantitative estimate of drug-likeness (QED) is 0.852.